The molecule has 0 aromatic heterocycles. The summed E-state index contributed by atoms with van der Waals surface area (Å²) in [5.74, 6) is 1.20. The number of hydrogen-bond donors (Lipinski definition) is 1. The fraction of sp³-hybridized carbons (Fsp3) is 0.800. The van der Waals surface area contributed by atoms with Gasteiger partial charge in [-0.1, -0.05) is 66.7 Å². The van der Waals surface area contributed by atoms with Crippen molar-refractivity contribution in [3.63, 3.8) is 0 Å². The molecule has 0 saturated heterocycles. The molecule has 0 aromatic carbocycles. The molecule has 0 heterocycles. The zero-order chi connectivity index (χ0) is 29.5. The van der Waals surface area contributed by atoms with E-state index in [9.17, 15) is 19.2 Å². The number of carbonyl (C=O) groups excluding carboxylic acids is 2. The summed E-state index contributed by atoms with van der Waals surface area (Å²) >= 11 is 0. The largest absolute Gasteiger partial charge is 0.353 e. The highest BCUT2D eigenvalue weighted by molar-refractivity contribution is 6.04. The predicted molar refractivity (Wildman–Crippen MR) is 157 cm³/mol. The molecule has 4 fully saturated rings. The Kier molecular flexibility index (Phi) is 6.84. The van der Waals surface area contributed by atoms with Crippen LogP contribution in [0.15, 0.2) is 23.8 Å². The van der Waals surface area contributed by atoms with Crippen molar-refractivity contribution in [2.24, 2.45) is 56.2 Å². The van der Waals surface area contributed by atoms with Gasteiger partial charge in [0.2, 0.25) is 5.91 Å². The number of nitrogens with zero attached hydrogens (tertiary/aromatic N) is 1. The molecule has 4 saturated carbocycles. The van der Waals surface area contributed by atoms with Crippen molar-refractivity contribution < 1.29 is 14.0 Å². The average molecular weight is 551 g/mol. The van der Waals surface area contributed by atoms with Crippen LogP contribution >= 0.6 is 0 Å². The molecule has 1 amide bonds. The molecule has 5 aliphatic rings. The standard InChI is InChI=1S/C35H51FN2O2/c1-22-17-26-32(6)18-23(21-37)29(40)31(4,5)25(32)9-10-33(26,7)34(8)12-14-35(20-27(39)38-16-15-36)13-11-30(2,3)19-24(35)28(22)34/h18,24-26,28H,1,9-17,19-20H2,2-8H3,(H,38,39)/t24?,25-,26+,28?,32-,33+,34+,35+/m0/s1. The molecule has 8 atom stereocenters. The molecule has 0 spiro atoms. The van der Waals surface area contributed by atoms with Crippen LogP contribution in [0.1, 0.15) is 106 Å². The predicted octanol–water partition coefficient (Wildman–Crippen LogP) is 7.75. The second-order valence-electron chi connectivity index (χ2n) is 16.5. The Hall–Kier alpha value is -1.96. The Bertz CT molecular complexity index is 1190. The van der Waals surface area contributed by atoms with E-state index in [0.29, 0.717) is 29.7 Å². The zero-order valence-corrected chi connectivity index (χ0v) is 26.0. The minimum atomic E-state index is -0.558. The maximum Gasteiger partial charge on any atom is 0.220 e. The first-order valence-corrected chi connectivity index (χ1v) is 15.7. The van der Waals surface area contributed by atoms with Gasteiger partial charge in [0.1, 0.15) is 12.7 Å². The van der Waals surface area contributed by atoms with E-state index in [2.05, 4.69) is 65.9 Å². The lowest BCUT2D eigenvalue weighted by Gasteiger charge is -2.73. The molecule has 0 aliphatic heterocycles. The zero-order valence-electron chi connectivity index (χ0n) is 26.0. The number of nitriles is 1. The van der Waals surface area contributed by atoms with E-state index in [4.69, 9.17) is 6.58 Å². The molecular weight excluding hydrogens is 499 g/mol. The minimum absolute atomic E-state index is 0.00211. The van der Waals surface area contributed by atoms with Gasteiger partial charge >= 0.3 is 0 Å². The summed E-state index contributed by atoms with van der Waals surface area (Å²) < 4.78 is 12.9. The van der Waals surface area contributed by atoms with Crippen LogP contribution in [0.2, 0.25) is 0 Å². The van der Waals surface area contributed by atoms with Crippen LogP contribution in [0, 0.1) is 67.5 Å². The van der Waals surface area contributed by atoms with Crippen molar-refractivity contribution in [3.05, 3.63) is 23.8 Å². The summed E-state index contributed by atoms with van der Waals surface area (Å²) in [6.07, 6.45) is 10.8. The number of nitrogens with one attached hydrogen (secondary N) is 1. The third kappa shape index (κ3) is 3.94. The lowest BCUT2D eigenvalue weighted by atomic mass is 9.31. The fourth-order valence-corrected chi connectivity index (χ4v) is 11.5. The SMILES string of the molecule is C=C1C[C@@H]2[C@@]3(C)C=C(C#N)C(=O)C(C)(C)[C@@H]3CC[C@@]2(C)[C@]2(C)CC[C@@]3(CC(=O)NCCF)CCC(C)(C)CC3C12. The molecule has 4 nitrogen and oxygen atoms in total. The minimum Gasteiger partial charge on any atom is -0.353 e. The van der Waals surface area contributed by atoms with E-state index >= 15 is 0 Å². The molecular formula is C35H51FN2O2. The quantitative estimate of drug-likeness (QED) is 0.364. The highest BCUT2D eigenvalue weighted by Gasteiger charge is 2.71. The molecule has 0 bridgehead atoms. The topological polar surface area (TPSA) is 70.0 Å². The lowest BCUT2D eigenvalue weighted by molar-refractivity contribution is -0.212. The first-order valence-electron chi connectivity index (χ1n) is 15.7. The average Bonchev–Trinajstić information content (AvgIpc) is 2.87. The normalized spacial score (nSPS) is 45.1. The molecule has 40 heavy (non-hydrogen) atoms. The van der Waals surface area contributed by atoms with Crippen LogP contribution < -0.4 is 5.32 Å². The third-order valence-electron chi connectivity index (χ3n) is 13.7. The van der Waals surface area contributed by atoms with Crippen molar-refractivity contribution in [2.75, 3.05) is 13.2 Å². The second kappa shape index (κ2) is 9.27. The number of ketones is 1. The molecule has 2 unspecified atom stereocenters. The van der Waals surface area contributed by atoms with Crippen LogP contribution in [0.4, 0.5) is 4.39 Å². The lowest BCUT2D eigenvalue weighted by Crippen LogP contribution is -2.67. The van der Waals surface area contributed by atoms with E-state index in [0.717, 1.165) is 51.4 Å². The van der Waals surface area contributed by atoms with Gasteiger partial charge in [-0.25, -0.2) is 4.39 Å². The maximum atomic E-state index is 13.3. The van der Waals surface area contributed by atoms with Gasteiger partial charge in [0.15, 0.2) is 5.78 Å². The van der Waals surface area contributed by atoms with Gasteiger partial charge in [-0.05, 0) is 102 Å². The summed E-state index contributed by atoms with van der Waals surface area (Å²) in [7, 11) is 0. The summed E-state index contributed by atoms with van der Waals surface area (Å²) in [6.45, 7) is 20.6. The number of carbonyl (C=O) groups is 2. The van der Waals surface area contributed by atoms with Crippen LogP contribution in [0.3, 0.4) is 0 Å². The van der Waals surface area contributed by atoms with Gasteiger partial charge in [0.25, 0.3) is 0 Å². The molecule has 220 valence electrons. The molecule has 1 N–H and O–H groups in total. The van der Waals surface area contributed by atoms with Crippen LogP contribution in [0.25, 0.3) is 0 Å². The van der Waals surface area contributed by atoms with Crippen molar-refractivity contribution in [1.82, 2.24) is 5.32 Å². The number of rotatable bonds is 4. The summed E-state index contributed by atoms with van der Waals surface area (Å²) in [4.78, 5) is 26.4. The Labute approximate surface area is 241 Å². The number of halogens is 1. The number of hydrogen-bond acceptors (Lipinski definition) is 3. The Morgan fingerprint density at radius 1 is 1.05 bits per heavy atom. The number of amides is 1. The fourth-order valence-electron chi connectivity index (χ4n) is 11.5. The van der Waals surface area contributed by atoms with E-state index in [1.54, 1.807) is 0 Å². The Balaban J connectivity index is 1.58. The monoisotopic (exact) mass is 550 g/mol. The highest BCUT2D eigenvalue weighted by Crippen LogP contribution is 2.77. The van der Waals surface area contributed by atoms with Gasteiger partial charge in [-0.15, -0.1) is 0 Å². The number of allylic oxidation sites excluding steroid dienone is 3. The van der Waals surface area contributed by atoms with Crippen molar-refractivity contribution in [3.8, 4) is 6.07 Å². The van der Waals surface area contributed by atoms with E-state index < -0.39 is 12.1 Å². The molecule has 5 aliphatic carbocycles. The molecule has 5 rings (SSSR count). The van der Waals surface area contributed by atoms with E-state index in [-0.39, 0.29) is 51.2 Å². The summed E-state index contributed by atoms with van der Waals surface area (Å²) in [6, 6.07) is 2.26. The molecule has 5 heteroatoms. The molecule has 0 radical (unpaired) electrons. The molecule has 0 aromatic rings. The van der Waals surface area contributed by atoms with Crippen LogP contribution in [-0.4, -0.2) is 24.9 Å². The van der Waals surface area contributed by atoms with Crippen LogP contribution in [0.5, 0.6) is 0 Å². The van der Waals surface area contributed by atoms with Gasteiger partial charge in [-0.3, -0.25) is 9.59 Å². The summed E-state index contributed by atoms with van der Waals surface area (Å²) in [5.41, 5.74) is 1.02. The highest BCUT2D eigenvalue weighted by atomic mass is 19.1. The van der Waals surface area contributed by atoms with Crippen molar-refractivity contribution in [2.45, 2.75) is 106 Å². The maximum absolute atomic E-state index is 13.3. The van der Waals surface area contributed by atoms with E-state index in [1.165, 1.54) is 5.57 Å². The first-order chi connectivity index (χ1) is 18.5. The summed E-state index contributed by atoms with van der Waals surface area (Å²) in [5, 5.41) is 12.8. The third-order valence-corrected chi connectivity index (χ3v) is 13.7. The van der Waals surface area contributed by atoms with Gasteiger partial charge in [-0.2, -0.15) is 5.26 Å². The second-order valence-corrected chi connectivity index (χ2v) is 16.5. The van der Waals surface area contributed by atoms with Gasteiger partial charge < -0.3 is 5.32 Å². The van der Waals surface area contributed by atoms with Crippen molar-refractivity contribution >= 4 is 11.7 Å². The van der Waals surface area contributed by atoms with Crippen LogP contribution in [-0.2, 0) is 9.59 Å². The number of fused-ring (bicyclic) bond motifs is 7. The van der Waals surface area contributed by atoms with Crippen molar-refractivity contribution in [1.29, 1.82) is 5.26 Å². The Morgan fingerprint density at radius 2 is 1.73 bits per heavy atom. The number of Topliss-reactive ketones (excluding diaryl/α,β-unsaturated/α-hetero) is 1. The van der Waals surface area contributed by atoms with Gasteiger partial charge in [0, 0.05) is 18.4 Å². The first kappa shape index (κ1) is 29.5. The Morgan fingerprint density at radius 3 is 2.38 bits per heavy atom. The van der Waals surface area contributed by atoms with E-state index in [1.807, 2.05) is 0 Å². The number of alkyl halides is 1. The smallest absolute Gasteiger partial charge is 0.220 e. The van der Waals surface area contributed by atoms with Gasteiger partial charge in [0.05, 0.1) is 5.57 Å².